The minimum atomic E-state index is -1.52. The summed E-state index contributed by atoms with van der Waals surface area (Å²) in [6, 6.07) is 28.7. The Kier molecular flexibility index (Phi) is 21.9. The Morgan fingerprint density at radius 1 is 0.529 bits per heavy atom. The van der Waals surface area contributed by atoms with Gasteiger partial charge in [-0.25, -0.2) is 0 Å². The van der Waals surface area contributed by atoms with Gasteiger partial charge in [0, 0.05) is 6.42 Å². The molecule has 0 aromatic heterocycles. The number of hydrogen-bond acceptors (Lipinski definition) is 15. The van der Waals surface area contributed by atoms with Crippen molar-refractivity contribution in [1.29, 1.82) is 0 Å². The molecule has 16 atom stereocenters. The maximum atomic E-state index is 14.1. The second kappa shape index (κ2) is 28.2. The molecular weight excluding hydrogens is 901 g/mol. The van der Waals surface area contributed by atoms with Crippen molar-refractivity contribution in [3.05, 3.63) is 108 Å². The van der Waals surface area contributed by atoms with Gasteiger partial charge in [-0.05, 0) is 49.8 Å². The molecule has 0 amide bonds. The first-order valence-electron chi connectivity index (χ1n) is 25.9. The van der Waals surface area contributed by atoms with Gasteiger partial charge in [-0.2, -0.15) is 0 Å². The van der Waals surface area contributed by atoms with Crippen LogP contribution in [0, 0.1) is 0 Å². The smallest absolute Gasteiger partial charge is 0.306 e. The number of fused-ring (bicyclic) bond motifs is 3. The fraction of sp³-hybridized carbons (Fsp3) is 0.655. The first-order valence-corrected chi connectivity index (χ1v) is 25.9. The van der Waals surface area contributed by atoms with Crippen LogP contribution in [-0.4, -0.2) is 131 Å². The molecule has 388 valence electrons. The molecular formula is C55H78O15. The van der Waals surface area contributed by atoms with E-state index in [1.165, 1.54) is 0 Å². The summed E-state index contributed by atoms with van der Waals surface area (Å²) >= 11 is 0. The molecule has 4 aliphatic rings. The highest BCUT2D eigenvalue weighted by atomic mass is 16.8. The largest absolute Gasteiger partial charge is 0.454 e. The number of carbonyl (C=O) groups excluding carboxylic acids is 1. The first kappa shape index (κ1) is 54.4. The summed E-state index contributed by atoms with van der Waals surface area (Å²) in [4.78, 5) is 14.1. The Morgan fingerprint density at radius 2 is 1.04 bits per heavy atom. The molecule has 0 bridgehead atoms. The average Bonchev–Trinajstić information content (AvgIpc) is 3.37. The topological polar surface area (TPSA) is 190 Å². The molecule has 15 heteroatoms. The van der Waals surface area contributed by atoms with Crippen molar-refractivity contribution in [1.82, 2.24) is 0 Å². The molecule has 4 saturated heterocycles. The van der Waals surface area contributed by atoms with Crippen molar-refractivity contribution >= 4 is 5.97 Å². The van der Waals surface area contributed by atoms with Crippen LogP contribution in [0.4, 0.5) is 0 Å². The third-order valence-corrected chi connectivity index (χ3v) is 13.9. The van der Waals surface area contributed by atoms with Gasteiger partial charge in [-0.15, -0.1) is 0 Å². The van der Waals surface area contributed by atoms with Crippen LogP contribution in [0.5, 0.6) is 0 Å². The third kappa shape index (κ3) is 15.3. The second-order valence-corrected chi connectivity index (χ2v) is 19.3. The van der Waals surface area contributed by atoms with Crippen molar-refractivity contribution < 1.29 is 72.6 Å². The van der Waals surface area contributed by atoms with E-state index in [4.69, 9.17) is 47.4 Å². The molecule has 0 saturated carbocycles. The molecule has 4 heterocycles. The molecule has 70 heavy (non-hydrogen) atoms. The number of carbonyl (C=O) groups is 1. The van der Waals surface area contributed by atoms with Gasteiger partial charge < -0.3 is 67.8 Å². The minimum absolute atomic E-state index is 0.0163. The Bertz CT molecular complexity index is 1910. The lowest BCUT2D eigenvalue weighted by Gasteiger charge is -2.50. The summed E-state index contributed by atoms with van der Waals surface area (Å²) in [5, 5.41) is 46.0. The summed E-state index contributed by atoms with van der Waals surface area (Å²) in [7, 11) is 0. The number of ether oxygens (including phenoxy) is 10. The van der Waals surface area contributed by atoms with Gasteiger partial charge in [0.15, 0.2) is 25.0 Å². The van der Waals surface area contributed by atoms with Gasteiger partial charge in [0.2, 0.25) is 0 Å². The Balaban J connectivity index is 1.28. The predicted molar refractivity (Wildman–Crippen MR) is 258 cm³/mol. The molecule has 7 rings (SSSR count). The van der Waals surface area contributed by atoms with Gasteiger partial charge in [0.1, 0.15) is 54.9 Å². The normalized spacial score (nSPS) is 35.3. The van der Waals surface area contributed by atoms with Crippen LogP contribution in [0.1, 0.15) is 121 Å². The van der Waals surface area contributed by atoms with Crippen molar-refractivity contribution in [2.24, 2.45) is 0 Å². The average molecular weight is 979 g/mol. The van der Waals surface area contributed by atoms with E-state index in [0.29, 0.717) is 6.42 Å². The molecule has 4 N–H and O–H groups in total. The lowest BCUT2D eigenvalue weighted by Crippen LogP contribution is -2.67. The van der Waals surface area contributed by atoms with Gasteiger partial charge in [-0.1, -0.05) is 156 Å². The zero-order chi connectivity index (χ0) is 49.2. The predicted octanol–water partition coefficient (Wildman–Crippen LogP) is 7.20. The van der Waals surface area contributed by atoms with Crippen LogP contribution in [0.2, 0.25) is 0 Å². The van der Waals surface area contributed by atoms with E-state index in [1.807, 2.05) is 97.9 Å². The first-order chi connectivity index (χ1) is 34.1. The number of unbranched alkanes of at least 4 members (excludes halogenated alkanes) is 2. The Labute approximate surface area is 413 Å². The number of rotatable bonds is 14. The maximum Gasteiger partial charge on any atom is 0.306 e. The molecule has 4 fully saturated rings. The quantitative estimate of drug-likeness (QED) is 0.0937. The minimum Gasteiger partial charge on any atom is -0.454 e. The van der Waals surface area contributed by atoms with Crippen molar-refractivity contribution in [2.45, 2.75) is 222 Å². The fourth-order valence-corrected chi connectivity index (χ4v) is 9.81. The van der Waals surface area contributed by atoms with Gasteiger partial charge in [0.05, 0.1) is 44.7 Å². The van der Waals surface area contributed by atoms with Crippen molar-refractivity contribution in [3.63, 3.8) is 0 Å². The zero-order valence-electron chi connectivity index (χ0n) is 41.2. The Hall–Kier alpha value is -3.39. The summed E-state index contributed by atoms with van der Waals surface area (Å²) in [5.74, 6) is -0.470. The summed E-state index contributed by atoms with van der Waals surface area (Å²) in [5.41, 5.74) is 2.59. The van der Waals surface area contributed by atoms with Crippen LogP contribution in [-0.2, 0) is 72.0 Å². The molecule has 4 aliphatic heterocycles. The van der Waals surface area contributed by atoms with Crippen LogP contribution < -0.4 is 0 Å². The standard InChI is InChI=1S/C55H78O15/c1-4-5-14-29-41-30-21-9-7-6-8-10-22-31-43(57)68-52-50(63-35-40-27-19-13-20-28-40)47(61-33-38-23-15-11-16-24-38)37(3)65-54(52)70-51-48(62-34-39-25-17-12-18-26-39)45(59)42(32-56)67-55(51)69-49-46(60)44(58)36(2)64-53(49)66-41/h11-13,15-20,23-28,36-37,41-42,44-56,58-60H,4-10,14,21-22,29-35H2,1-3H3/t36-,37+,41+,42-,44+,45-,46+,47+,48+,49-,50-,51-,52-,53+,54+,55+/m1/s1. The van der Waals surface area contributed by atoms with Crippen molar-refractivity contribution in [3.8, 4) is 0 Å². The lowest BCUT2D eigenvalue weighted by atomic mass is 9.96. The van der Waals surface area contributed by atoms with Crippen LogP contribution in [0.15, 0.2) is 91.0 Å². The molecule has 0 spiro atoms. The maximum absolute atomic E-state index is 14.1. The molecule has 3 aromatic carbocycles. The van der Waals surface area contributed by atoms with Crippen LogP contribution >= 0.6 is 0 Å². The highest BCUT2D eigenvalue weighted by Crippen LogP contribution is 2.38. The number of aliphatic hydroxyl groups is 4. The van der Waals surface area contributed by atoms with E-state index in [0.717, 1.165) is 87.3 Å². The summed E-state index contributed by atoms with van der Waals surface area (Å²) in [6.45, 7) is 5.40. The van der Waals surface area contributed by atoms with Crippen LogP contribution in [0.25, 0.3) is 0 Å². The molecule has 0 unspecified atom stereocenters. The van der Waals surface area contributed by atoms with E-state index in [2.05, 4.69) is 6.92 Å². The van der Waals surface area contributed by atoms with E-state index in [1.54, 1.807) is 6.92 Å². The van der Waals surface area contributed by atoms with E-state index >= 15 is 0 Å². The zero-order valence-corrected chi connectivity index (χ0v) is 41.2. The van der Waals surface area contributed by atoms with E-state index in [9.17, 15) is 25.2 Å². The van der Waals surface area contributed by atoms with E-state index in [-0.39, 0.29) is 32.3 Å². The fourth-order valence-electron chi connectivity index (χ4n) is 9.81. The molecule has 3 aromatic rings. The monoisotopic (exact) mass is 979 g/mol. The Morgan fingerprint density at radius 3 is 1.64 bits per heavy atom. The second-order valence-electron chi connectivity index (χ2n) is 19.3. The summed E-state index contributed by atoms with van der Waals surface area (Å²) in [6.07, 6.45) is -7.27. The number of esters is 1. The lowest BCUT2D eigenvalue weighted by molar-refractivity contribution is -0.398. The highest BCUT2D eigenvalue weighted by Gasteiger charge is 2.56. The molecule has 0 aliphatic carbocycles. The highest BCUT2D eigenvalue weighted by molar-refractivity contribution is 5.69. The number of aliphatic hydroxyl groups excluding tert-OH is 4. The van der Waals surface area contributed by atoms with Gasteiger partial charge >= 0.3 is 5.97 Å². The van der Waals surface area contributed by atoms with Crippen LogP contribution in [0.3, 0.4) is 0 Å². The molecule has 0 radical (unpaired) electrons. The molecule has 15 nitrogen and oxygen atoms in total. The number of benzene rings is 3. The summed E-state index contributed by atoms with van der Waals surface area (Å²) < 4.78 is 66.4. The van der Waals surface area contributed by atoms with Crippen molar-refractivity contribution in [2.75, 3.05) is 6.61 Å². The van der Waals surface area contributed by atoms with Gasteiger partial charge in [0.25, 0.3) is 0 Å². The third-order valence-electron chi connectivity index (χ3n) is 13.9. The van der Waals surface area contributed by atoms with Gasteiger partial charge in [-0.3, -0.25) is 4.79 Å². The SMILES string of the molecule is CCCCC[C@H]1CCCCCCCCCC(=O)O[C@H]2[C@H](O[C@H]3[C@H](O[C@H]4[C@H](O1)O[C@H](C)[C@H](O)[C@@H]4O)O[C@H](CO)[C@@H](O)[C@@H]3OCc1ccccc1)O[C@@H](C)[C@H](OCc1ccccc1)[C@H]2OCc1ccccc1. The van der Waals surface area contributed by atoms with E-state index < -0.39 is 105 Å². The number of hydrogen-bond donors (Lipinski definition) is 4.